The van der Waals surface area contributed by atoms with E-state index in [4.69, 9.17) is 26.1 Å². The monoisotopic (exact) mass is 563 g/mol. The second-order valence-electron chi connectivity index (χ2n) is 9.78. The van der Waals surface area contributed by atoms with Crippen molar-refractivity contribution in [3.05, 3.63) is 100 Å². The molecule has 1 N–H and O–H groups in total. The molecule has 40 heavy (non-hydrogen) atoms. The van der Waals surface area contributed by atoms with E-state index in [0.717, 1.165) is 48.1 Å². The minimum absolute atomic E-state index is 0.0900. The highest BCUT2D eigenvalue weighted by atomic mass is 35.5. The van der Waals surface area contributed by atoms with Crippen molar-refractivity contribution in [2.45, 2.75) is 45.9 Å². The number of carboxylic acids is 1. The van der Waals surface area contributed by atoms with Gasteiger partial charge in [0.15, 0.2) is 16.7 Å². The molecule has 1 aliphatic rings. The molecule has 0 amide bonds. The van der Waals surface area contributed by atoms with Gasteiger partial charge in [0.1, 0.15) is 24.9 Å². The number of aromatic nitrogens is 2. The number of hydrogen-bond acceptors (Lipinski definition) is 5. The van der Waals surface area contributed by atoms with Crippen LogP contribution in [0.1, 0.15) is 46.9 Å². The van der Waals surface area contributed by atoms with Gasteiger partial charge in [-0.15, -0.1) is 0 Å². The van der Waals surface area contributed by atoms with Crippen molar-refractivity contribution in [1.29, 1.82) is 0 Å². The molecule has 7 nitrogen and oxygen atoms in total. The molecule has 208 valence electrons. The maximum absolute atomic E-state index is 15.1. The van der Waals surface area contributed by atoms with Crippen LogP contribution in [-0.4, -0.2) is 38.7 Å². The maximum atomic E-state index is 15.1. The molecule has 0 bridgehead atoms. The minimum Gasteiger partial charge on any atom is -0.486 e. The van der Waals surface area contributed by atoms with E-state index in [9.17, 15) is 9.90 Å². The van der Waals surface area contributed by atoms with Crippen molar-refractivity contribution < 1.29 is 23.8 Å². The van der Waals surface area contributed by atoms with Gasteiger partial charge >= 0.3 is 5.97 Å². The Morgan fingerprint density at radius 3 is 2.52 bits per heavy atom. The third-order valence-corrected chi connectivity index (χ3v) is 7.17. The van der Waals surface area contributed by atoms with Gasteiger partial charge in [-0.3, -0.25) is 4.90 Å². The van der Waals surface area contributed by atoms with Crippen LogP contribution in [-0.2, 0) is 26.2 Å². The second kappa shape index (κ2) is 12.5. The first-order valence-corrected chi connectivity index (χ1v) is 13.7. The van der Waals surface area contributed by atoms with E-state index in [1.807, 2.05) is 48.5 Å². The van der Waals surface area contributed by atoms with Crippen LogP contribution < -0.4 is 9.47 Å². The van der Waals surface area contributed by atoms with Crippen molar-refractivity contribution in [3.63, 3.8) is 0 Å². The molecule has 1 aromatic heterocycles. The lowest BCUT2D eigenvalue weighted by Crippen LogP contribution is -2.25. The first-order valence-electron chi connectivity index (χ1n) is 13.4. The topological polar surface area (TPSA) is 76.8 Å². The van der Waals surface area contributed by atoms with Gasteiger partial charge in [0.2, 0.25) is 0 Å². The Labute approximate surface area is 237 Å². The van der Waals surface area contributed by atoms with Gasteiger partial charge in [-0.2, -0.15) is 0 Å². The fourth-order valence-corrected chi connectivity index (χ4v) is 5.09. The van der Waals surface area contributed by atoms with Gasteiger partial charge in [-0.05, 0) is 36.2 Å². The molecule has 0 saturated carbocycles. The minimum atomic E-state index is -1.17. The Bertz CT molecular complexity index is 1490. The number of rotatable bonds is 11. The third kappa shape index (κ3) is 6.29. The molecular weight excluding hydrogens is 533 g/mol. The van der Waals surface area contributed by atoms with Gasteiger partial charge in [0, 0.05) is 37.3 Å². The fourth-order valence-electron chi connectivity index (χ4n) is 4.85. The largest absolute Gasteiger partial charge is 0.486 e. The summed E-state index contributed by atoms with van der Waals surface area (Å²) in [7, 11) is 0. The lowest BCUT2D eigenvalue weighted by atomic mass is 10.1. The highest BCUT2D eigenvalue weighted by molar-refractivity contribution is 6.30. The van der Waals surface area contributed by atoms with Gasteiger partial charge in [-0.25, -0.2) is 14.2 Å². The summed E-state index contributed by atoms with van der Waals surface area (Å²) in [6.07, 6.45) is 1.96. The van der Waals surface area contributed by atoms with Crippen LogP contribution in [0, 0.1) is 5.82 Å². The lowest BCUT2D eigenvalue weighted by Gasteiger charge is -2.25. The van der Waals surface area contributed by atoms with E-state index in [1.54, 1.807) is 0 Å². The number of unbranched alkanes of at least 4 members (excludes halogenated alkanes) is 1. The summed E-state index contributed by atoms with van der Waals surface area (Å²) in [5.74, 6) is 0.440. The number of fused-ring (bicyclic) bond motifs is 1. The average Bonchev–Trinajstić information content (AvgIpc) is 3.27. The summed E-state index contributed by atoms with van der Waals surface area (Å²) >= 11 is 6.78. The Kier molecular flexibility index (Phi) is 8.67. The number of carboxylic acid groups (broad SMARTS) is 1. The molecule has 4 aromatic rings. The fraction of sp³-hybridized carbons (Fsp3) is 0.290. The first-order chi connectivity index (χ1) is 19.4. The number of benzene rings is 3. The molecule has 2 heterocycles. The summed E-state index contributed by atoms with van der Waals surface area (Å²) in [6, 6.07) is 19.7. The van der Waals surface area contributed by atoms with Crippen molar-refractivity contribution in [2.75, 3.05) is 13.2 Å². The van der Waals surface area contributed by atoms with Crippen LogP contribution in [0.5, 0.6) is 11.5 Å². The normalized spacial score (nSPS) is 12.6. The molecule has 1 aliphatic heterocycles. The van der Waals surface area contributed by atoms with Crippen LogP contribution in [0.25, 0.3) is 11.4 Å². The molecule has 3 aromatic carbocycles. The maximum Gasteiger partial charge on any atom is 0.335 e. The zero-order valence-electron chi connectivity index (χ0n) is 22.3. The number of imidazole rings is 1. The lowest BCUT2D eigenvalue weighted by molar-refractivity contribution is 0.0696. The summed E-state index contributed by atoms with van der Waals surface area (Å²) in [4.78, 5) is 18.2. The standard InChI is InChI=1S/C31H31ClFN3O4/c1-2-3-13-36-26(29(32)34-30(36)22-7-5-4-6-8-22)20-35(19-24-11-10-23(31(37)38)17-25(24)33)18-21-9-12-27-28(16-21)40-15-14-39-27/h4-12,16-17H,2-3,13-15,18-20H2,1H3,(H,37,38). The summed E-state index contributed by atoms with van der Waals surface area (Å²) < 4.78 is 28.7. The Balaban J connectivity index is 1.50. The van der Waals surface area contributed by atoms with Crippen molar-refractivity contribution >= 4 is 17.6 Å². The van der Waals surface area contributed by atoms with E-state index >= 15 is 4.39 Å². The zero-order chi connectivity index (χ0) is 28.1. The summed E-state index contributed by atoms with van der Waals surface area (Å²) in [5, 5.41) is 9.68. The average molecular weight is 564 g/mol. The van der Waals surface area contributed by atoms with Crippen molar-refractivity contribution in [1.82, 2.24) is 14.5 Å². The molecule has 0 fully saturated rings. The number of nitrogens with zero attached hydrogens (tertiary/aromatic N) is 3. The van der Waals surface area contributed by atoms with Gasteiger partial charge in [-0.1, -0.05) is 67.4 Å². The molecular formula is C31H31ClFN3O4. The number of aromatic carboxylic acids is 1. The molecule has 0 radical (unpaired) electrons. The van der Waals surface area contributed by atoms with Crippen LogP contribution in [0.4, 0.5) is 4.39 Å². The van der Waals surface area contributed by atoms with E-state index in [1.165, 1.54) is 12.1 Å². The molecule has 0 atom stereocenters. The van der Waals surface area contributed by atoms with E-state index in [0.29, 0.717) is 48.5 Å². The highest BCUT2D eigenvalue weighted by Crippen LogP contribution is 2.32. The third-order valence-electron chi connectivity index (χ3n) is 6.87. The van der Waals surface area contributed by atoms with Crippen LogP contribution in [0.2, 0.25) is 5.15 Å². The predicted octanol–water partition coefficient (Wildman–Crippen LogP) is 6.81. The molecule has 0 aliphatic carbocycles. The molecule has 0 spiro atoms. The van der Waals surface area contributed by atoms with Crippen LogP contribution >= 0.6 is 11.6 Å². The molecule has 9 heteroatoms. The summed E-state index contributed by atoms with van der Waals surface area (Å²) in [5.41, 5.74) is 3.08. The number of carbonyl (C=O) groups is 1. The van der Waals surface area contributed by atoms with Gasteiger partial charge in [0.05, 0.1) is 11.3 Å². The van der Waals surface area contributed by atoms with E-state index in [2.05, 4.69) is 16.4 Å². The van der Waals surface area contributed by atoms with E-state index in [-0.39, 0.29) is 12.1 Å². The van der Waals surface area contributed by atoms with Gasteiger partial charge < -0.3 is 19.1 Å². The highest BCUT2D eigenvalue weighted by Gasteiger charge is 2.22. The Morgan fingerprint density at radius 1 is 1.02 bits per heavy atom. The van der Waals surface area contributed by atoms with E-state index < -0.39 is 11.8 Å². The molecule has 0 saturated heterocycles. The number of hydrogen-bond donors (Lipinski definition) is 1. The quantitative estimate of drug-likeness (QED) is 0.216. The number of halogens is 2. The van der Waals surface area contributed by atoms with Crippen molar-refractivity contribution in [2.24, 2.45) is 0 Å². The number of ether oxygens (including phenoxy) is 2. The molecule has 5 rings (SSSR count). The first kappa shape index (κ1) is 27.7. The second-order valence-corrected chi connectivity index (χ2v) is 10.1. The Hall–Kier alpha value is -3.88. The van der Waals surface area contributed by atoms with Crippen LogP contribution in [0.15, 0.2) is 66.7 Å². The smallest absolute Gasteiger partial charge is 0.335 e. The Morgan fingerprint density at radius 2 is 1.80 bits per heavy atom. The predicted molar refractivity (Wildman–Crippen MR) is 151 cm³/mol. The summed E-state index contributed by atoms with van der Waals surface area (Å²) in [6.45, 7) is 4.97. The van der Waals surface area contributed by atoms with Crippen LogP contribution in [0.3, 0.4) is 0 Å². The van der Waals surface area contributed by atoms with Crippen molar-refractivity contribution in [3.8, 4) is 22.9 Å². The zero-order valence-corrected chi connectivity index (χ0v) is 23.0. The van der Waals surface area contributed by atoms with Gasteiger partial charge in [0.25, 0.3) is 0 Å². The molecule has 0 unspecified atom stereocenters. The SMILES string of the molecule is CCCCn1c(-c2ccccc2)nc(Cl)c1CN(Cc1ccc2c(c1)OCCO2)Cc1ccc(C(=O)O)cc1F.